The number of rotatable bonds is 9. The van der Waals surface area contributed by atoms with E-state index in [2.05, 4.69) is 13.2 Å². The number of aliphatic hydroxyl groups is 1. The van der Waals surface area contributed by atoms with Crippen LogP contribution in [-0.2, 0) is 19.1 Å². The van der Waals surface area contributed by atoms with Gasteiger partial charge >= 0.3 is 5.97 Å². The molecule has 2 bridgehead atoms. The molecule has 4 rings (SSSR count). The molecule has 7 atom stereocenters. The summed E-state index contributed by atoms with van der Waals surface area (Å²) in [6.45, 7) is 13.0. The van der Waals surface area contributed by atoms with Crippen LogP contribution in [0.1, 0.15) is 25.8 Å². The standard InChI is InChI=1S/C27H33ClN2O5S/c1-6-11-29(22-15(3)9-8-10-18(22)28)25(33)23-27-16(4)13-19(36-27)20(26(34)35-12-7-2)21(27)24(32)30(23)17(5)14-31/h6-10,16-17,19-21,23,31H,1-2,11-14H2,3-5H3/t16?,17-,19-,20+,21+,23?,27?/m1/s1. The van der Waals surface area contributed by atoms with Gasteiger partial charge in [0.25, 0.3) is 5.91 Å². The summed E-state index contributed by atoms with van der Waals surface area (Å²) in [6, 6.07) is 3.94. The number of hydrogen-bond donors (Lipinski definition) is 1. The van der Waals surface area contributed by atoms with Crippen LogP contribution < -0.4 is 4.90 Å². The number of aryl methyl sites for hydroxylation is 1. The van der Waals surface area contributed by atoms with Crippen LogP contribution >= 0.6 is 23.4 Å². The molecule has 1 aromatic rings. The zero-order chi connectivity index (χ0) is 26.4. The van der Waals surface area contributed by atoms with Crippen molar-refractivity contribution in [1.82, 2.24) is 4.90 Å². The Hall–Kier alpha value is -2.29. The number of nitrogens with zero attached hydrogens (tertiary/aromatic N) is 2. The number of thioether (sulfide) groups is 1. The Balaban J connectivity index is 1.85. The Kier molecular flexibility index (Phi) is 7.60. The zero-order valence-corrected chi connectivity index (χ0v) is 22.4. The fourth-order valence-corrected chi connectivity index (χ4v) is 9.05. The van der Waals surface area contributed by atoms with Gasteiger partial charge in [-0.1, -0.05) is 49.4 Å². The third kappa shape index (κ3) is 3.89. The minimum Gasteiger partial charge on any atom is -0.461 e. The first-order valence-electron chi connectivity index (χ1n) is 12.2. The molecule has 3 unspecified atom stereocenters. The lowest BCUT2D eigenvalue weighted by atomic mass is 9.66. The van der Waals surface area contributed by atoms with E-state index >= 15 is 0 Å². The molecule has 2 amide bonds. The monoisotopic (exact) mass is 532 g/mol. The van der Waals surface area contributed by atoms with Crippen molar-refractivity contribution >= 4 is 46.8 Å². The number of halogens is 1. The molecule has 36 heavy (non-hydrogen) atoms. The normalized spacial score (nSPS) is 31.2. The first-order valence-corrected chi connectivity index (χ1v) is 13.5. The molecule has 3 aliphatic heterocycles. The lowest BCUT2D eigenvalue weighted by Gasteiger charge is -2.41. The third-order valence-electron chi connectivity index (χ3n) is 7.81. The number of likely N-dealkylation sites (tertiary alicyclic amines) is 1. The van der Waals surface area contributed by atoms with Gasteiger partial charge < -0.3 is 19.6 Å². The zero-order valence-electron chi connectivity index (χ0n) is 20.9. The fraction of sp³-hybridized carbons (Fsp3) is 0.519. The van der Waals surface area contributed by atoms with Gasteiger partial charge in [0.15, 0.2) is 0 Å². The number of hydrogen-bond acceptors (Lipinski definition) is 6. The van der Waals surface area contributed by atoms with E-state index in [0.717, 1.165) is 5.56 Å². The second-order valence-electron chi connectivity index (χ2n) is 9.89. The van der Waals surface area contributed by atoms with Crippen molar-refractivity contribution in [2.45, 2.75) is 49.3 Å². The van der Waals surface area contributed by atoms with Crippen molar-refractivity contribution in [3.05, 3.63) is 54.1 Å². The maximum atomic E-state index is 14.5. The Morgan fingerprint density at radius 2 is 2.11 bits per heavy atom. The van der Waals surface area contributed by atoms with E-state index in [0.29, 0.717) is 17.1 Å². The largest absolute Gasteiger partial charge is 0.461 e. The van der Waals surface area contributed by atoms with Gasteiger partial charge in [0, 0.05) is 11.8 Å². The molecule has 0 saturated carbocycles. The molecule has 194 valence electrons. The van der Waals surface area contributed by atoms with E-state index in [1.54, 1.807) is 35.7 Å². The number of carbonyl (C=O) groups is 3. The van der Waals surface area contributed by atoms with Gasteiger partial charge in [-0.15, -0.1) is 18.3 Å². The number of benzene rings is 1. The molecule has 7 nitrogen and oxygen atoms in total. The average molecular weight is 533 g/mol. The highest BCUT2D eigenvalue weighted by molar-refractivity contribution is 8.02. The van der Waals surface area contributed by atoms with Gasteiger partial charge in [-0.2, -0.15) is 0 Å². The summed E-state index contributed by atoms with van der Waals surface area (Å²) in [6.07, 6.45) is 3.82. The molecule has 3 saturated heterocycles. The van der Waals surface area contributed by atoms with Gasteiger partial charge in [0.05, 0.1) is 39.9 Å². The van der Waals surface area contributed by atoms with E-state index in [9.17, 15) is 19.5 Å². The summed E-state index contributed by atoms with van der Waals surface area (Å²) >= 11 is 8.13. The minimum absolute atomic E-state index is 0.00679. The Labute approximate surface area is 221 Å². The summed E-state index contributed by atoms with van der Waals surface area (Å²) in [4.78, 5) is 44.8. The summed E-state index contributed by atoms with van der Waals surface area (Å²) < 4.78 is 4.58. The van der Waals surface area contributed by atoms with E-state index in [-0.39, 0.29) is 42.7 Å². The molecule has 3 heterocycles. The van der Waals surface area contributed by atoms with Crippen LogP contribution in [0.25, 0.3) is 0 Å². The minimum atomic E-state index is -0.880. The van der Waals surface area contributed by atoms with Crippen molar-refractivity contribution in [3.8, 4) is 0 Å². The van der Waals surface area contributed by atoms with E-state index in [1.165, 1.54) is 11.0 Å². The number of fused-ring (bicyclic) bond motifs is 1. The molecule has 1 N–H and O–H groups in total. The maximum Gasteiger partial charge on any atom is 0.311 e. The molecule has 3 fully saturated rings. The Bertz CT molecular complexity index is 1080. The van der Waals surface area contributed by atoms with Gasteiger partial charge in [0.1, 0.15) is 12.6 Å². The van der Waals surface area contributed by atoms with Crippen molar-refractivity contribution < 1.29 is 24.2 Å². The lowest BCUT2D eigenvalue weighted by molar-refractivity contribution is -0.153. The van der Waals surface area contributed by atoms with Crippen LogP contribution in [0.2, 0.25) is 5.02 Å². The summed E-state index contributed by atoms with van der Waals surface area (Å²) in [5.41, 5.74) is 1.39. The van der Waals surface area contributed by atoms with Crippen molar-refractivity contribution in [3.63, 3.8) is 0 Å². The number of aliphatic hydroxyl groups excluding tert-OH is 1. The second kappa shape index (κ2) is 10.2. The molecular formula is C27H33ClN2O5S. The number of para-hydroxylation sites is 1. The summed E-state index contributed by atoms with van der Waals surface area (Å²) in [5.74, 6) is -2.38. The summed E-state index contributed by atoms with van der Waals surface area (Å²) in [5, 5.41) is 10.4. The van der Waals surface area contributed by atoms with Crippen LogP contribution in [-0.4, -0.2) is 69.6 Å². The number of esters is 1. The highest BCUT2D eigenvalue weighted by Crippen LogP contribution is 2.69. The number of carbonyl (C=O) groups excluding carboxylic acids is 3. The smallest absolute Gasteiger partial charge is 0.311 e. The Morgan fingerprint density at radius 1 is 1.39 bits per heavy atom. The number of ether oxygens (including phenoxy) is 1. The van der Waals surface area contributed by atoms with Crippen LogP contribution in [0.5, 0.6) is 0 Å². The van der Waals surface area contributed by atoms with Crippen LogP contribution in [0.3, 0.4) is 0 Å². The van der Waals surface area contributed by atoms with Crippen LogP contribution in [0, 0.1) is 24.7 Å². The van der Waals surface area contributed by atoms with Crippen LogP contribution in [0.4, 0.5) is 5.69 Å². The van der Waals surface area contributed by atoms with Gasteiger partial charge in [0.2, 0.25) is 5.91 Å². The molecule has 0 radical (unpaired) electrons. The van der Waals surface area contributed by atoms with Crippen molar-refractivity contribution in [2.75, 3.05) is 24.7 Å². The molecule has 0 aromatic heterocycles. The predicted molar refractivity (Wildman–Crippen MR) is 142 cm³/mol. The van der Waals surface area contributed by atoms with Gasteiger partial charge in [-0.05, 0) is 37.8 Å². The number of amides is 2. The quantitative estimate of drug-likeness (QED) is 0.386. The van der Waals surface area contributed by atoms with Crippen LogP contribution in [0.15, 0.2) is 43.5 Å². The molecule has 9 heteroatoms. The fourth-order valence-electron chi connectivity index (χ4n) is 6.34. The van der Waals surface area contributed by atoms with E-state index in [4.69, 9.17) is 16.3 Å². The maximum absolute atomic E-state index is 14.5. The molecule has 3 aliphatic rings. The predicted octanol–water partition coefficient (Wildman–Crippen LogP) is 3.61. The highest BCUT2D eigenvalue weighted by atomic mass is 35.5. The first-order chi connectivity index (χ1) is 17.1. The highest BCUT2D eigenvalue weighted by Gasteiger charge is 2.77. The topological polar surface area (TPSA) is 87.1 Å². The van der Waals surface area contributed by atoms with E-state index in [1.807, 2.05) is 26.0 Å². The van der Waals surface area contributed by atoms with Gasteiger partial charge in [-0.25, -0.2) is 0 Å². The number of anilines is 1. The molecular weight excluding hydrogens is 500 g/mol. The second-order valence-corrected chi connectivity index (χ2v) is 11.8. The Morgan fingerprint density at radius 3 is 2.72 bits per heavy atom. The van der Waals surface area contributed by atoms with Crippen molar-refractivity contribution in [1.29, 1.82) is 0 Å². The average Bonchev–Trinajstić information content (AvgIpc) is 3.44. The molecule has 1 spiro atoms. The first kappa shape index (κ1) is 26.8. The van der Waals surface area contributed by atoms with Crippen molar-refractivity contribution in [2.24, 2.45) is 17.8 Å². The third-order valence-corrected chi connectivity index (χ3v) is 10.2. The molecule has 1 aromatic carbocycles. The SMILES string of the molecule is C=CCOC(=O)[C@@H]1[C@H]2C(=O)N([C@H](C)CO)C(C(=O)N(CC=C)c3c(C)cccc3Cl)C23S[C@@H]1CC3C. The molecule has 0 aliphatic carbocycles. The lowest BCUT2D eigenvalue weighted by Crippen LogP contribution is -2.59. The van der Waals surface area contributed by atoms with E-state index < -0.39 is 34.6 Å². The summed E-state index contributed by atoms with van der Waals surface area (Å²) in [7, 11) is 0. The van der Waals surface area contributed by atoms with Gasteiger partial charge in [-0.3, -0.25) is 14.4 Å².